The molecule has 0 saturated carbocycles. The fourth-order valence-electron chi connectivity index (χ4n) is 2.01. The van der Waals surface area contributed by atoms with Gasteiger partial charge in [-0.1, -0.05) is 48.5 Å². The first-order valence-electron chi connectivity index (χ1n) is 6.29. The fourth-order valence-corrected chi connectivity index (χ4v) is 2.01. The maximum absolute atomic E-state index is 12.1. The summed E-state index contributed by atoms with van der Waals surface area (Å²) in [6, 6.07) is 18.3. The Kier molecular flexibility index (Phi) is 3.37. The van der Waals surface area contributed by atoms with E-state index in [1.165, 1.54) is 11.3 Å². The number of carbonyl (C=O) groups is 1. The van der Waals surface area contributed by atoms with Crippen LogP contribution in [0.2, 0.25) is 0 Å². The van der Waals surface area contributed by atoms with Crippen molar-refractivity contribution in [1.82, 2.24) is 5.06 Å². The number of benzene rings is 2. The summed E-state index contributed by atoms with van der Waals surface area (Å²) in [7, 11) is 0. The van der Waals surface area contributed by atoms with Crippen LogP contribution >= 0.6 is 0 Å². The molecule has 0 spiro atoms. The second-order valence-electron chi connectivity index (χ2n) is 4.30. The zero-order chi connectivity index (χ0) is 13.8. The van der Waals surface area contributed by atoms with Crippen molar-refractivity contribution in [1.29, 1.82) is 0 Å². The second-order valence-corrected chi connectivity index (χ2v) is 4.30. The van der Waals surface area contributed by atoms with Crippen molar-refractivity contribution >= 4 is 6.09 Å². The van der Waals surface area contributed by atoms with E-state index in [4.69, 9.17) is 9.57 Å². The number of amides is 1. The molecule has 1 aliphatic heterocycles. The molecule has 4 heteroatoms. The largest absolute Gasteiger partial charge is 0.449 e. The molecule has 0 unspecified atom stereocenters. The van der Waals surface area contributed by atoms with Crippen molar-refractivity contribution in [2.75, 3.05) is 0 Å². The smallest absolute Gasteiger partial charge is 0.408 e. The average molecular weight is 267 g/mol. The number of hydrogen-bond acceptors (Lipinski definition) is 3. The Hall–Kier alpha value is -2.75. The van der Waals surface area contributed by atoms with Crippen LogP contribution in [0.25, 0.3) is 0 Å². The van der Waals surface area contributed by atoms with E-state index in [2.05, 4.69) is 0 Å². The molecule has 0 fully saturated rings. The Morgan fingerprint density at radius 1 is 1.00 bits per heavy atom. The topological polar surface area (TPSA) is 38.8 Å². The first-order chi connectivity index (χ1) is 9.84. The highest BCUT2D eigenvalue weighted by atomic mass is 16.7. The minimum Gasteiger partial charge on any atom is -0.408 e. The van der Waals surface area contributed by atoms with Gasteiger partial charge in [-0.15, -0.1) is 5.06 Å². The normalized spacial score (nSPS) is 16.8. The van der Waals surface area contributed by atoms with Crippen LogP contribution in [0.15, 0.2) is 73.0 Å². The van der Waals surface area contributed by atoms with Gasteiger partial charge in [0.25, 0.3) is 0 Å². The van der Waals surface area contributed by atoms with E-state index < -0.39 is 6.09 Å². The number of ether oxygens (including phenoxy) is 1. The number of para-hydroxylation sites is 1. The molecule has 100 valence electrons. The third-order valence-corrected chi connectivity index (χ3v) is 2.96. The quantitative estimate of drug-likeness (QED) is 0.833. The van der Waals surface area contributed by atoms with E-state index in [0.717, 1.165) is 5.56 Å². The summed E-state index contributed by atoms with van der Waals surface area (Å²) in [5, 5.41) is 1.21. The van der Waals surface area contributed by atoms with Crippen LogP contribution in [-0.4, -0.2) is 11.2 Å². The zero-order valence-corrected chi connectivity index (χ0v) is 10.7. The Balaban J connectivity index is 1.75. The zero-order valence-electron chi connectivity index (χ0n) is 10.7. The third-order valence-electron chi connectivity index (χ3n) is 2.96. The minimum absolute atomic E-state index is 0.271. The molecule has 1 aliphatic rings. The van der Waals surface area contributed by atoms with E-state index in [0.29, 0.717) is 5.75 Å². The van der Waals surface area contributed by atoms with Crippen molar-refractivity contribution in [3.63, 3.8) is 0 Å². The van der Waals surface area contributed by atoms with Crippen molar-refractivity contribution < 1.29 is 14.4 Å². The Labute approximate surface area is 116 Å². The number of carbonyl (C=O) groups excluding carboxylic acids is 1. The lowest BCUT2D eigenvalue weighted by atomic mass is 10.1. The number of rotatable bonds is 2. The fraction of sp³-hybridized carbons (Fsp3) is 0.0625. The van der Waals surface area contributed by atoms with E-state index in [9.17, 15) is 4.79 Å². The lowest BCUT2D eigenvalue weighted by Gasteiger charge is -2.21. The van der Waals surface area contributed by atoms with Crippen LogP contribution in [-0.2, 0) is 4.84 Å². The van der Waals surface area contributed by atoms with Gasteiger partial charge in [-0.3, -0.25) is 0 Å². The molecular weight excluding hydrogens is 254 g/mol. The molecule has 0 aliphatic carbocycles. The van der Waals surface area contributed by atoms with Gasteiger partial charge >= 0.3 is 6.09 Å². The number of nitrogens with zero attached hydrogens (tertiary/aromatic N) is 1. The molecule has 0 saturated heterocycles. The summed E-state index contributed by atoms with van der Waals surface area (Å²) >= 11 is 0. The highest BCUT2D eigenvalue weighted by molar-refractivity contribution is 5.70. The first kappa shape index (κ1) is 12.3. The highest BCUT2D eigenvalue weighted by Crippen LogP contribution is 2.28. The van der Waals surface area contributed by atoms with Gasteiger partial charge in [-0.05, 0) is 23.8 Å². The summed E-state index contributed by atoms with van der Waals surface area (Å²) in [5.74, 6) is 0.486. The third kappa shape index (κ3) is 2.49. The molecule has 4 nitrogen and oxygen atoms in total. The molecule has 0 bridgehead atoms. The monoisotopic (exact) mass is 267 g/mol. The number of hydrogen-bond donors (Lipinski definition) is 0. The van der Waals surface area contributed by atoms with Crippen LogP contribution in [0.4, 0.5) is 4.79 Å². The summed E-state index contributed by atoms with van der Waals surface area (Å²) in [6.07, 6.45) is 2.75. The molecule has 20 heavy (non-hydrogen) atoms. The standard InChI is InChI=1S/C16H13NO3/c18-16(20-14-9-5-2-6-10-14)17-15(11-12-19-17)13-7-3-1-4-8-13/h1-12,15H/t15-/m0/s1. The summed E-state index contributed by atoms with van der Waals surface area (Å²) in [5.41, 5.74) is 0.964. The maximum Gasteiger partial charge on any atom is 0.449 e. The van der Waals surface area contributed by atoms with Gasteiger partial charge in [0.2, 0.25) is 0 Å². The minimum atomic E-state index is -0.546. The lowest BCUT2D eigenvalue weighted by molar-refractivity contribution is -0.0735. The highest BCUT2D eigenvalue weighted by Gasteiger charge is 2.30. The molecule has 3 rings (SSSR count). The number of hydroxylamine groups is 2. The summed E-state index contributed by atoms with van der Waals surface area (Å²) in [6.45, 7) is 0. The van der Waals surface area contributed by atoms with Gasteiger partial charge in [0.15, 0.2) is 0 Å². The Morgan fingerprint density at radius 3 is 2.35 bits per heavy atom. The van der Waals surface area contributed by atoms with Crippen LogP contribution in [0, 0.1) is 0 Å². The van der Waals surface area contributed by atoms with Crippen molar-refractivity contribution in [2.24, 2.45) is 0 Å². The van der Waals surface area contributed by atoms with Crippen LogP contribution in [0.3, 0.4) is 0 Å². The van der Waals surface area contributed by atoms with E-state index in [1.807, 2.05) is 42.5 Å². The lowest BCUT2D eigenvalue weighted by Crippen LogP contribution is -2.32. The van der Waals surface area contributed by atoms with Gasteiger partial charge in [0.1, 0.15) is 18.1 Å². The van der Waals surface area contributed by atoms with Crippen LogP contribution < -0.4 is 4.74 Å². The predicted octanol–water partition coefficient (Wildman–Crippen LogP) is 3.69. The van der Waals surface area contributed by atoms with Crippen molar-refractivity contribution in [3.8, 4) is 5.75 Å². The van der Waals surface area contributed by atoms with Gasteiger partial charge in [0.05, 0.1) is 0 Å². The van der Waals surface area contributed by atoms with Crippen LogP contribution in [0.5, 0.6) is 5.75 Å². The van der Waals surface area contributed by atoms with Gasteiger partial charge in [-0.25, -0.2) is 4.79 Å². The molecule has 0 radical (unpaired) electrons. The molecule has 2 aromatic rings. The van der Waals surface area contributed by atoms with Gasteiger partial charge in [0, 0.05) is 0 Å². The van der Waals surface area contributed by atoms with E-state index >= 15 is 0 Å². The van der Waals surface area contributed by atoms with E-state index in [1.54, 1.807) is 24.3 Å². The SMILES string of the molecule is O=C(Oc1ccccc1)N1OC=C[C@H]1c1ccccc1. The van der Waals surface area contributed by atoms with Crippen LogP contribution in [0.1, 0.15) is 11.6 Å². The molecule has 1 amide bonds. The van der Waals surface area contributed by atoms with E-state index in [-0.39, 0.29) is 6.04 Å². The predicted molar refractivity (Wildman–Crippen MR) is 73.7 cm³/mol. The Morgan fingerprint density at radius 2 is 1.65 bits per heavy atom. The molecule has 0 N–H and O–H groups in total. The average Bonchev–Trinajstić information content (AvgIpc) is 2.99. The van der Waals surface area contributed by atoms with Crippen molar-refractivity contribution in [2.45, 2.75) is 6.04 Å². The molecule has 2 aromatic carbocycles. The molecule has 1 atom stereocenters. The Bertz CT molecular complexity index is 610. The summed E-state index contributed by atoms with van der Waals surface area (Å²) < 4.78 is 5.27. The molecule has 0 aromatic heterocycles. The summed E-state index contributed by atoms with van der Waals surface area (Å²) in [4.78, 5) is 17.4. The molecule has 1 heterocycles. The van der Waals surface area contributed by atoms with Gasteiger partial charge < -0.3 is 9.57 Å². The van der Waals surface area contributed by atoms with Gasteiger partial charge in [-0.2, -0.15) is 0 Å². The first-order valence-corrected chi connectivity index (χ1v) is 6.29. The maximum atomic E-state index is 12.1. The second kappa shape index (κ2) is 5.48. The van der Waals surface area contributed by atoms with Crippen molar-refractivity contribution in [3.05, 3.63) is 78.6 Å². The molecular formula is C16H13NO3.